The van der Waals surface area contributed by atoms with Crippen molar-refractivity contribution in [3.63, 3.8) is 0 Å². The summed E-state index contributed by atoms with van der Waals surface area (Å²) in [6, 6.07) is 0.0300. The van der Waals surface area contributed by atoms with Crippen molar-refractivity contribution in [1.82, 2.24) is 0 Å². The van der Waals surface area contributed by atoms with E-state index in [-0.39, 0.29) is 11.8 Å². The monoisotopic (exact) mass is 170 g/mol. The maximum atomic E-state index is 11.3. The van der Waals surface area contributed by atoms with Gasteiger partial charge in [0.25, 0.3) is 0 Å². The quantitative estimate of drug-likeness (QED) is 0.452. The first-order valence-electron chi connectivity index (χ1n) is 4.44. The Morgan fingerprint density at radius 1 is 1.58 bits per heavy atom. The van der Waals surface area contributed by atoms with E-state index in [2.05, 4.69) is 27.6 Å². The second-order valence-electron chi connectivity index (χ2n) is 3.78. The molecular formula is C10H20NO+. The van der Waals surface area contributed by atoms with E-state index in [9.17, 15) is 4.79 Å². The van der Waals surface area contributed by atoms with Gasteiger partial charge >= 0.3 is 0 Å². The maximum absolute atomic E-state index is 11.3. The van der Waals surface area contributed by atoms with Gasteiger partial charge in [-0.05, 0) is 19.4 Å². The number of rotatable bonds is 5. The summed E-state index contributed by atoms with van der Waals surface area (Å²) in [5, 5.41) is 0. The molecule has 12 heavy (non-hydrogen) atoms. The Labute approximate surface area is 75.5 Å². The molecule has 0 aliphatic rings. The zero-order valence-corrected chi connectivity index (χ0v) is 8.63. The fraction of sp³-hybridized carbons (Fsp3) is 0.700. The molecule has 0 rings (SSSR count). The van der Waals surface area contributed by atoms with E-state index >= 15 is 0 Å². The van der Waals surface area contributed by atoms with Crippen LogP contribution in [0.1, 0.15) is 20.3 Å². The number of likely N-dealkylation sites (N-methyl/N-ethyl adjacent to an activating group) is 1. The Hall–Kier alpha value is -0.630. The van der Waals surface area contributed by atoms with Crippen molar-refractivity contribution in [1.29, 1.82) is 0 Å². The fourth-order valence-electron chi connectivity index (χ4n) is 1.28. The Morgan fingerprint density at radius 3 is 2.42 bits per heavy atom. The summed E-state index contributed by atoms with van der Waals surface area (Å²) >= 11 is 0. The molecular weight excluding hydrogens is 150 g/mol. The molecule has 0 aromatic rings. The van der Waals surface area contributed by atoms with Crippen molar-refractivity contribution >= 4 is 5.78 Å². The van der Waals surface area contributed by atoms with Crippen molar-refractivity contribution in [2.75, 3.05) is 20.6 Å². The molecule has 0 heterocycles. The third-order valence-corrected chi connectivity index (χ3v) is 2.46. The summed E-state index contributed by atoms with van der Waals surface area (Å²) in [4.78, 5) is 11.3. The lowest BCUT2D eigenvalue weighted by molar-refractivity contribution is -0.903. The molecule has 0 bridgehead atoms. The van der Waals surface area contributed by atoms with Gasteiger partial charge < -0.3 is 4.48 Å². The van der Waals surface area contributed by atoms with Gasteiger partial charge in [-0.1, -0.05) is 13.5 Å². The second kappa shape index (κ2) is 4.41. The molecule has 0 N–H and O–H groups in total. The number of carbonyl (C=O) groups is 1. The molecule has 1 atom stereocenters. The largest absolute Gasteiger partial charge is 0.320 e. The first kappa shape index (κ1) is 11.4. The lowest BCUT2D eigenvalue weighted by Crippen LogP contribution is -2.51. The van der Waals surface area contributed by atoms with Crippen molar-refractivity contribution in [3.05, 3.63) is 12.7 Å². The van der Waals surface area contributed by atoms with Crippen LogP contribution in [0.3, 0.4) is 0 Å². The van der Waals surface area contributed by atoms with Gasteiger partial charge in [-0.25, -0.2) is 0 Å². The van der Waals surface area contributed by atoms with E-state index in [0.717, 1.165) is 17.4 Å². The molecule has 0 radical (unpaired) electrons. The molecule has 2 heteroatoms. The van der Waals surface area contributed by atoms with Crippen molar-refractivity contribution in [3.8, 4) is 0 Å². The van der Waals surface area contributed by atoms with Crippen LogP contribution < -0.4 is 0 Å². The molecule has 1 unspecified atom stereocenters. The minimum absolute atomic E-state index is 0.0300. The van der Waals surface area contributed by atoms with E-state index in [4.69, 9.17) is 0 Å². The van der Waals surface area contributed by atoms with Crippen LogP contribution in [-0.2, 0) is 4.79 Å². The van der Waals surface area contributed by atoms with Gasteiger partial charge in [-0.3, -0.25) is 4.79 Å². The van der Waals surface area contributed by atoms with Gasteiger partial charge in [-0.2, -0.15) is 0 Å². The predicted molar refractivity (Wildman–Crippen MR) is 51.9 cm³/mol. The van der Waals surface area contributed by atoms with Crippen LogP contribution in [0.4, 0.5) is 0 Å². The number of nitrogens with zero attached hydrogens (tertiary/aromatic N) is 1. The van der Waals surface area contributed by atoms with Gasteiger partial charge in [0, 0.05) is 0 Å². The highest BCUT2D eigenvalue weighted by Gasteiger charge is 2.27. The Bertz CT molecular complexity index is 173. The van der Waals surface area contributed by atoms with Crippen LogP contribution in [0.5, 0.6) is 0 Å². The first-order valence-corrected chi connectivity index (χ1v) is 4.44. The molecule has 0 saturated carbocycles. The minimum atomic E-state index is 0.0300. The SMILES string of the molecule is C=CC(=O)C(C)[N+](C)(C)CCC. The minimum Gasteiger partial charge on any atom is -0.320 e. The highest BCUT2D eigenvalue weighted by Crippen LogP contribution is 2.08. The van der Waals surface area contributed by atoms with Crippen LogP contribution >= 0.6 is 0 Å². The molecule has 0 aromatic heterocycles. The number of ketones is 1. The van der Waals surface area contributed by atoms with Crippen LogP contribution in [-0.4, -0.2) is 36.9 Å². The summed E-state index contributed by atoms with van der Waals surface area (Å²) in [6.07, 6.45) is 2.52. The number of carbonyl (C=O) groups excluding carboxylic acids is 1. The zero-order valence-electron chi connectivity index (χ0n) is 8.63. The number of quaternary nitrogens is 1. The van der Waals surface area contributed by atoms with E-state index < -0.39 is 0 Å². The first-order chi connectivity index (χ1) is 5.45. The maximum Gasteiger partial charge on any atom is 0.211 e. The van der Waals surface area contributed by atoms with Crippen LogP contribution in [0.2, 0.25) is 0 Å². The molecule has 0 fully saturated rings. The summed E-state index contributed by atoms with van der Waals surface area (Å²) < 4.78 is 0.751. The van der Waals surface area contributed by atoms with Gasteiger partial charge in [0.2, 0.25) is 5.78 Å². The second-order valence-corrected chi connectivity index (χ2v) is 3.78. The predicted octanol–water partition coefficient (Wildman–Crippen LogP) is 1.62. The van der Waals surface area contributed by atoms with Crippen molar-refractivity contribution < 1.29 is 9.28 Å². The number of hydrogen-bond donors (Lipinski definition) is 0. The normalized spacial score (nSPS) is 14.0. The molecule has 0 saturated heterocycles. The highest BCUT2D eigenvalue weighted by atomic mass is 16.1. The third kappa shape index (κ3) is 2.78. The Morgan fingerprint density at radius 2 is 2.08 bits per heavy atom. The standard InChI is InChI=1S/C10H20NO/c1-6-8-11(4,5)9(3)10(12)7-2/h7,9H,2,6,8H2,1,3-5H3/q+1. The van der Waals surface area contributed by atoms with Crippen LogP contribution in [0, 0.1) is 0 Å². The van der Waals surface area contributed by atoms with E-state index in [1.54, 1.807) is 0 Å². The summed E-state index contributed by atoms with van der Waals surface area (Å²) in [5.74, 6) is 0.133. The average Bonchev–Trinajstić information content (AvgIpc) is 2.01. The summed E-state index contributed by atoms with van der Waals surface area (Å²) in [6.45, 7) is 8.61. The Balaban J connectivity index is 4.32. The third-order valence-electron chi connectivity index (χ3n) is 2.46. The van der Waals surface area contributed by atoms with Gasteiger partial charge in [0.05, 0.1) is 20.6 Å². The molecule has 0 aromatic carbocycles. The highest BCUT2D eigenvalue weighted by molar-refractivity contribution is 5.92. The summed E-state index contributed by atoms with van der Waals surface area (Å²) in [7, 11) is 4.16. The van der Waals surface area contributed by atoms with Gasteiger partial charge in [-0.15, -0.1) is 0 Å². The summed E-state index contributed by atoms with van der Waals surface area (Å²) in [5.41, 5.74) is 0. The van der Waals surface area contributed by atoms with E-state index in [1.165, 1.54) is 6.08 Å². The lowest BCUT2D eigenvalue weighted by atomic mass is 10.1. The van der Waals surface area contributed by atoms with Crippen LogP contribution in [0.25, 0.3) is 0 Å². The Kier molecular flexibility index (Phi) is 4.18. The average molecular weight is 170 g/mol. The molecule has 70 valence electrons. The van der Waals surface area contributed by atoms with Gasteiger partial charge in [0.15, 0.2) is 0 Å². The van der Waals surface area contributed by atoms with Crippen molar-refractivity contribution in [2.24, 2.45) is 0 Å². The molecule has 0 aliphatic heterocycles. The molecule has 0 amide bonds. The van der Waals surface area contributed by atoms with Crippen LogP contribution in [0.15, 0.2) is 12.7 Å². The molecule has 2 nitrogen and oxygen atoms in total. The molecule has 0 aliphatic carbocycles. The topological polar surface area (TPSA) is 17.1 Å². The van der Waals surface area contributed by atoms with E-state index in [0.29, 0.717) is 0 Å². The van der Waals surface area contributed by atoms with Gasteiger partial charge in [0.1, 0.15) is 6.04 Å². The molecule has 0 spiro atoms. The number of hydrogen-bond acceptors (Lipinski definition) is 1. The lowest BCUT2D eigenvalue weighted by Gasteiger charge is -2.34. The zero-order chi connectivity index (χ0) is 9.78. The van der Waals surface area contributed by atoms with Crippen molar-refractivity contribution in [2.45, 2.75) is 26.3 Å². The fourth-order valence-corrected chi connectivity index (χ4v) is 1.28. The van der Waals surface area contributed by atoms with E-state index in [1.807, 2.05) is 6.92 Å². The smallest absolute Gasteiger partial charge is 0.211 e.